The molecule has 3 aromatic carbocycles. The molecule has 9 rings (SSSR count). The number of imidazole rings is 2. The molecule has 0 saturated carbocycles. The van der Waals surface area contributed by atoms with E-state index >= 15 is 0 Å². The first-order valence-electron chi connectivity index (χ1n) is 20.0. The molecule has 0 radical (unpaired) electrons. The number of H-pyrrole nitrogens is 2. The highest BCUT2D eigenvalue weighted by Gasteiger charge is 2.44. The first-order valence-corrected chi connectivity index (χ1v) is 20.0. The third-order valence-electron chi connectivity index (χ3n) is 11.8. The van der Waals surface area contributed by atoms with Crippen LogP contribution < -0.4 is 15.5 Å². The fourth-order valence-corrected chi connectivity index (χ4v) is 8.72. The van der Waals surface area contributed by atoms with Gasteiger partial charge >= 0.3 is 12.2 Å². The van der Waals surface area contributed by atoms with E-state index in [4.69, 9.17) is 14.5 Å². The number of hydrazine groups is 1. The van der Waals surface area contributed by atoms with Gasteiger partial charge in [-0.05, 0) is 65.5 Å². The average Bonchev–Trinajstić information content (AvgIpc) is 4.03. The molecule has 4 N–H and O–H groups in total. The molecule has 0 spiro atoms. The van der Waals surface area contributed by atoms with Gasteiger partial charge in [0, 0.05) is 31.2 Å². The maximum atomic E-state index is 14.0. The Bertz CT molecular complexity index is 2530. The van der Waals surface area contributed by atoms with Gasteiger partial charge in [0.2, 0.25) is 5.91 Å². The lowest BCUT2D eigenvalue weighted by atomic mass is 10.0. The average molecular weight is 810 g/mol. The zero-order chi connectivity index (χ0) is 41.5. The molecule has 6 heterocycles. The lowest BCUT2D eigenvalue weighted by Crippen LogP contribution is -2.57. The van der Waals surface area contributed by atoms with Crippen molar-refractivity contribution < 1.29 is 33.4 Å². The number of methoxy groups -OCH3 is 2. The quantitative estimate of drug-likeness (QED) is 0.145. The van der Waals surface area contributed by atoms with E-state index < -0.39 is 24.3 Å². The number of hydrogen-bond acceptors (Lipinski definition) is 9. The molecule has 5 amide bonds. The van der Waals surface area contributed by atoms with Gasteiger partial charge in [0.1, 0.15) is 23.7 Å². The molecule has 0 bridgehead atoms. The Morgan fingerprint density at radius 1 is 0.750 bits per heavy atom. The summed E-state index contributed by atoms with van der Waals surface area (Å²) < 4.78 is 9.43. The fourth-order valence-electron chi connectivity index (χ4n) is 8.72. The van der Waals surface area contributed by atoms with Gasteiger partial charge in [0.05, 0.1) is 49.7 Å². The predicted octanol–water partition coefficient (Wildman–Crippen LogP) is 5.88. The van der Waals surface area contributed by atoms with Crippen LogP contribution in [0.4, 0.5) is 15.3 Å². The van der Waals surface area contributed by atoms with Crippen LogP contribution in [0.3, 0.4) is 0 Å². The van der Waals surface area contributed by atoms with Crippen molar-refractivity contribution in [2.45, 2.75) is 63.1 Å². The van der Waals surface area contributed by atoms with Crippen LogP contribution in [0.1, 0.15) is 67.0 Å². The third-order valence-corrected chi connectivity index (χ3v) is 11.8. The zero-order valence-electron chi connectivity index (χ0n) is 33.1. The molecule has 4 aliphatic rings. The number of para-hydroxylation sites is 1. The van der Waals surface area contributed by atoms with Gasteiger partial charge in [-0.1, -0.05) is 66.7 Å². The molecule has 60 heavy (non-hydrogen) atoms. The lowest BCUT2D eigenvalue weighted by molar-refractivity contribution is -0.174. The van der Waals surface area contributed by atoms with Gasteiger partial charge in [-0.15, -0.1) is 0 Å². The number of aromatic nitrogens is 4. The largest absolute Gasteiger partial charge is 0.453 e. The van der Waals surface area contributed by atoms with Crippen LogP contribution in [0.15, 0.2) is 90.9 Å². The number of fused-ring (bicyclic) bond motifs is 1. The van der Waals surface area contributed by atoms with Crippen LogP contribution in [0.5, 0.6) is 0 Å². The summed E-state index contributed by atoms with van der Waals surface area (Å²) in [7, 11) is 2.52. The van der Waals surface area contributed by atoms with Crippen LogP contribution in [-0.4, -0.2) is 86.7 Å². The van der Waals surface area contributed by atoms with E-state index in [-0.39, 0.29) is 36.6 Å². The number of hydrogen-bond donors (Lipinski definition) is 4. The Morgan fingerprint density at radius 3 is 2.02 bits per heavy atom. The van der Waals surface area contributed by atoms with Crippen molar-refractivity contribution in [2.24, 2.45) is 0 Å². The van der Waals surface area contributed by atoms with Crippen LogP contribution >= 0.6 is 0 Å². The van der Waals surface area contributed by atoms with Crippen LogP contribution in [0.2, 0.25) is 0 Å². The van der Waals surface area contributed by atoms with E-state index in [1.54, 1.807) is 12.4 Å². The van der Waals surface area contributed by atoms with Crippen molar-refractivity contribution in [2.75, 3.05) is 25.7 Å². The monoisotopic (exact) mass is 809 g/mol. The second-order valence-electron chi connectivity index (χ2n) is 15.2. The summed E-state index contributed by atoms with van der Waals surface area (Å²) in [4.78, 5) is 82.6. The maximum absolute atomic E-state index is 14.0. The lowest BCUT2D eigenvalue weighted by Gasteiger charge is -2.42. The molecule has 16 heteroatoms. The van der Waals surface area contributed by atoms with Crippen LogP contribution in [0, 0.1) is 0 Å². The molecule has 2 fully saturated rings. The third kappa shape index (κ3) is 7.03. The van der Waals surface area contributed by atoms with Gasteiger partial charge in [-0.25, -0.2) is 24.6 Å². The summed E-state index contributed by atoms with van der Waals surface area (Å²) in [6, 6.07) is 20.7. The second-order valence-corrected chi connectivity index (χ2v) is 15.2. The molecule has 0 aliphatic carbocycles. The minimum atomic E-state index is -0.887. The molecule has 2 saturated heterocycles. The molecular weight excluding hydrogens is 767 g/mol. The molecule has 2 aromatic heterocycles. The first kappa shape index (κ1) is 38.3. The Morgan fingerprint density at radius 2 is 1.37 bits per heavy atom. The number of carbonyl (C=O) groups is 5. The SMILES string of the molecule is COC(=O)N/C=C1/CCc2cccc3c2N(C1=O)C(c1ncc(-c2ccc(-c4ccc(-c5cnc(C6CCCN7C(=O)CCC(NC(=O)OC)C(=O)N67)[nH]5)cc4)cc2)[nH]1)C3. The summed E-state index contributed by atoms with van der Waals surface area (Å²) in [5.74, 6) is 0.524. The number of benzene rings is 3. The number of aromatic amines is 2. The minimum Gasteiger partial charge on any atom is -0.453 e. The van der Waals surface area contributed by atoms with E-state index in [1.807, 2.05) is 53.4 Å². The maximum Gasteiger partial charge on any atom is 0.410 e. The number of rotatable bonds is 7. The van der Waals surface area contributed by atoms with Gasteiger partial charge in [0.15, 0.2) is 0 Å². The molecule has 16 nitrogen and oxygen atoms in total. The number of anilines is 1. The van der Waals surface area contributed by atoms with Gasteiger partial charge in [0.25, 0.3) is 11.8 Å². The van der Waals surface area contributed by atoms with Gasteiger partial charge < -0.3 is 24.8 Å². The number of alkyl carbamates (subject to hydrolysis) is 2. The highest BCUT2D eigenvalue weighted by molar-refractivity contribution is 6.08. The molecule has 3 unspecified atom stereocenters. The van der Waals surface area contributed by atoms with E-state index in [9.17, 15) is 24.0 Å². The van der Waals surface area contributed by atoms with Crippen molar-refractivity contribution in [3.63, 3.8) is 0 Å². The number of ether oxygens (including phenoxy) is 2. The summed E-state index contributed by atoms with van der Waals surface area (Å²) in [5, 5.41) is 8.09. The van der Waals surface area contributed by atoms with Gasteiger partial charge in [-0.3, -0.25) is 29.6 Å². The molecule has 306 valence electrons. The normalized spacial score (nSPS) is 20.6. The Balaban J connectivity index is 0.898. The number of carbonyl (C=O) groups excluding carboxylic acids is 5. The first-order chi connectivity index (χ1) is 29.2. The summed E-state index contributed by atoms with van der Waals surface area (Å²) >= 11 is 0. The van der Waals surface area contributed by atoms with Crippen LogP contribution in [0.25, 0.3) is 33.6 Å². The van der Waals surface area contributed by atoms with Crippen molar-refractivity contribution in [1.82, 2.24) is 40.6 Å². The summed E-state index contributed by atoms with van der Waals surface area (Å²) in [6.07, 6.45) is 7.01. The topological polar surface area (TPSA) is 195 Å². The number of nitrogens with one attached hydrogen (secondary N) is 4. The van der Waals surface area contributed by atoms with Crippen molar-refractivity contribution >= 4 is 35.6 Å². The number of amides is 5. The Kier molecular flexibility index (Phi) is 10.1. The predicted molar refractivity (Wildman–Crippen MR) is 218 cm³/mol. The smallest absolute Gasteiger partial charge is 0.410 e. The standard InChI is InChI=1S/C44H43N9O7/c1-59-43(57)47-22-31-17-16-29-5-3-6-30-21-36(52(38(29)30)41(31)55)40-46-24-34(49-40)28-14-10-26(11-15-28)25-8-12-27(13-9-25)33-23-45-39(48-33)35-7-4-20-51-37(54)19-18-32(42(56)53(35)51)50-44(58)60-2/h3,5-6,8-15,22-24,32,35-36H,4,7,16-21H2,1-2H3,(H,45,48)(H,46,49)(H,47,57)(H,50,58)/b31-22-. The second kappa shape index (κ2) is 15.8. The highest BCUT2D eigenvalue weighted by atomic mass is 16.5. The van der Waals surface area contributed by atoms with E-state index in [1.165, 1.54) is 30.4 Å². The van der Waals surface area contributed by atoms with E-state index in [2.05, 4.69) is 43.8 Å². The van der Waals surface area contributed by atoms with Crippen molar-refractivity contribution in [1.29, 1.82) is 0 Å². The molecule has 5 aromatic rings. The number of nitrogens with zero attached hydrogens (tertiary/aromatic N) is 5. The summed E-state index contributed by atoms with van der Waals surface area (Å²) in [6.45, 7) is 0.418. The molecule has 4 aliphatic heterocycles. The number of aryl methyl sites for hydroxylation is 1. The zero-order valence-corrected chi connectivity index (χ0v) is 33.1. The fraction of sp³-hybridized carbons (Fsp3) is 0.295. The Labute approximate surface area is 344 Å². The van der Waals surface area contributed by atoms with Crippen LogP contribution in [-0.2, 0) is 36.7 Å². The van der Waals surface area contributed by atoms with E-state index in [0.717, 1.165) is 50.5 Å². The van der Waals surface area contributed by atoms with Gasteiger partial charge in [-0.2, -0.15) is 0 Å². The van der Waals surface area contributed by atoms with Crippen molar-refractivity contribution in [3.8, 4) is 33.6 Å². The molecule has 3 atom stereocenters. The highest BCUT2D eigenvalue weighted by Crippen LogP contribution is 2.45. The summed E-state index contributed by atoms with van der Waals surface area (Å²) in [5.41, 5.74) is 9.05. The minimum absolute atomic E-state index is 0.130. The Hall–Kier alpha value is -7.23. The molecular formula is C44H43N9O7. The van der Waals surface area contributed by atoms with Crippen molar-refractivity contribution in [3.05, 3.63) is 114 Å². The van der Waals surface area contributed by atoms with E-state index in [0.29, 0.717) is 55.9 Å².